The number of rotatable bonds is 5. The standard InChI is InChI=1S/C17H18BrNO2/c1-12-10-14(8-9-15(12)18)16(17(20)21-2)19-11-13-6-4-3-5-7-13/h3-10,16,19H,11H2,1-2H3. The molecule has 0 spiro atoms. The first-order valence-electron chi connectivity index (χ1n) is 6.73. The van der Waals surface area contributed by atoms with Gasteiger partial charge in [0.25, 0.3) is 0 Å². The molecule has 1 N–H and O–H groups in total. The van der Waals surface area contributed by atoms with Gasteiger partial charge in [-0.05, 0) is 29.7 Å². The van der Waals surface area contributed by atoms with Crippen molar-refractivity contribution in [3.8, 4) is 0 Å². The molecule has 2 rings (SSSR count). The second-order valence-corrected chi connectivity index (χ2v) is 5.69. The SMILES string of the molecule is COC(=O)C(NCc1ccccc1)c1ccc(Br)c(C)c1. The van der Waals surface area contributed by atoms with Crippen molar-refractivity contribution in [2.45, 2.75) is 19.5 Å². The van der Waals surface area contributed by atoms with Crippen LogP contribution in [0, 0.1) is 6.92 Å². The molecule has 1 atom stereocenters. The molecule has 4 heteroatoms. The van der Waals surface area contributed by atoms with Gasteiger partial charge in [-0.25, -0.2) is 4.79 Å². The highest BCUT2D eigenvalue weighted by molar-refractivity contribution is 9.10. The third kappa shape index (κ3) is 4.16. The van der Waals surface area contributed by atoms with Gasteiger partial charge in [-0.2, -0.15) is 0 Å². The zero-order valence-corrected chi connectivity index (χ0v) is 13.7. The lowest BCUT2D eigenvalue weighted by Crippen LogP contribution is -2.29. The van der Waals surface area contributed by atoms with Crippen LogP contribution < -0.4 is 5.32 Å². The van der Waals surface area contributed by atoms with Crippen molar-refractivity contribution in [2.24, 2.45) is 0 Å². The van der Waals surface area contributed by atoms with E-state index in [1.807, 2.05) is 55.5 Å². The van der Waals surface area contributed by atoms with Crippen LogP contribution in [-0.4, -0.2) is 13.1 Å². The summed E-state index contributed by atoms with van der Waals surface area (Å²) >= 11 is 3.47. The highest BCUT2D eigenvalue weighted by Gasteiger charge is 2.21. The number of hydrogen-bond donors (Lipinski definition) is 1. The smallest absolute Gasteiger partial charge is 0.327 e. The highest BCUT2D eigenvalue weighted by Crippen LogP contribution is 2.22. The molecule has 0 saturated carbocycles. The van der Waals surface area contributed by atoms with Gasteiger partial charge >= 0.3 is 5.97 Å². The average molecular weight is 348 g/mol. The Bertz CT molecular complexity index is 613. The summed E-state index contributed by atoms with van der Waals surface area (Å²) in [6.07, 6.45) is 0. The lowest BCUT2D eigenvalue weighted by Gasteiger charge is -2.18. The Hall–Kier alpha value is -1.65. The van der Waals surface area contributed by atoms with E-state index in [1.54, 1.807) is 0 Å². The van der Waals surface area contributed by atoms with Gasteiger partial charge in [0, 0.05) is 11.0 Å². The van der Waals surface area contributed by atoms with Gasteiger partial charge in [-0.1, -0.05) is 58.4 Å². The first-order chi connectivity index (χ1) is 10.1. The van der Waals surface area contributed by atoms with Gasteiger partial charge in [0.15, 0.2) is 0 Å². The topological polar surface area (TPSA) is 38.3 Å². The van der Waals surface area contributed by atoms with E-state index in [4.69, 9.17) is 4.74 Å². The van der Waals surface area contributed by atoms with Crippen molar-refractivity contribution in [1.29, 1.82) is 0 Å². The number of carbonyl (C=O) groups excluding carboxylic acids is 1. The number of carbonyl (C=O) groups is 1. The van der Waals surface area contributed by atoms with Crippen molar-refractivity contribution >= 4 is 21.9 Å². The maximum Gasteiger partial charge on any atom is 0.327 e. The molecule has 1 unspecified atom stereocenters. The number of hydrogen-bond acceptors (Lipinski definition) is 3. The lowest BCUT2D eigenvalue weighted by molar-refractivity contribution is -0.143. The lowest BCUT2D eigenvalue weighted by atomic mass is 10.0. The van der Waals surface area contributed by atoms with E-state index in [9.17, 15) is 4.79 Å². The van der Waals surface area contributed by atoms with Gasteiger partial charge in [0.2, 0.25) is 0 Å². The molecule has 2 aromatic carbocycles. The number of methoxy groups -OCH3 is 1. The monoisotopic (exact) mass is 347 g/mol. The highest BCUT2D eigenvalue weighted by atomic mass is 79.9. The number of nitrogens with one attached hydrogen (secondary N) is 1. The normalized spacial score (nSPS) is 12.0. The molecule has 110 valence electrons. The molecular formula is C17H18BrNO2. The second kappa shape index (κ2) is 7.38. The maximum atomic E-state index is 12.0. The summed E-state index contributed by atoms with van der Waals surface area (Å²) in [5.41, 5.74) is 3.11. The average Bonchev–Trinajstić information content (AvgIpc) is 2.51. The Morgan fingerprint density at radius 3 is 2.57 bits per heavy atom. The van der Waals surface area contributed by atoms with Crippen LogP contribution in [0.2, 0.25) is 0 Å². The fourth-order valence-corrected chi connectivity index (χ4v) is 2.36. The summed E-state index contributed by atoms with van der Waals surface area (Å²) in [7, 11) is 1.41. The van der Waals surface area contributed by atoms with E-state index in [0.717, 1.165) is 21.2 Å². The summed E-state index contributed by atoms with van der Waals surface area (Å²) in [5, 5.41) is 3.26. The molecule has 0 heterocycles. The Labute approximate surface area is 133 Å². The van der Waals surface area contributed by atoms with Gasteiger partial charge in [0.05, 0.1) is 7.11 Å². The zero-order chi connectivity index (χ0) is 15.2. The summed E-state index contributed by atoms with van der Waals surface area (Å²) in [4.78, 5) is 12.0. The van der Waals surface area contributed by atoms with Crippen molar-refractivity contribution < 1.29 is 9.53 Å². The molecule has 0 saturated heterocycles. The second-order valence-electron chi connectivity index (χ2n) is 4.83. The van der Waals surface area contributed by atoms with Gasteiger partial charge < -0.3 is 4.74 Å². The van der Waals surface area contributed by atoms with Crippen molar-refractivity contribution in [3.05, 3.63) is 69.7 Å². The minimum absolute atomic E-state index is 0.285. The summed E-state index contributed by atoms with van der Waals surface area (Å²) in [6.45, 7) is 2.61. The predicted molar refractivity (Wildman–Crippen MR) is 86.9 cm³/mol. The molecule has 21 heavy (non-hydrogen) atoms. The minimum Gasteiger partial charge on any atom is -0.468 e. The third-order valence-corrected chi connectivity index (χ3v) is 4.20. The fourth-order valence-electron chi connectivity index (χ4n) is 2.12. The van der Waals surface area contributed by atoms with Crippen LogP contribution in [0.5, 0.6) is 0 Å². The van der Waals surface area contributed by atoms with Crippen LogP contribution in [0.25, 0.3) is 0 Å². The van der Waals surface area contributed by atoms with Gasteiger partial charge in [-0.3, -0.25) is 5.32 Å². The number of esters is 1. The molecular weight excluding hydrogens is 330 g/mol. The molecule has 0 radical (unpaired) electrons. The molecule has 0 bridgehead atoms. The van der Waals surface area contributed by atoms with E-state index < -0.39 is 6.04 Å². The molecule has 0 fully saturated rings. The Balaban J connectivity index is 2.18. The Morgan fingerprint density at radius 2 is 1.95 bits per heavy atom. The number of ether oxygens (including phenoxy) is 1. The summed E-state index contributed by atoms with van der Waals surface area (Å²) in [5.74, 6) is -0.285. The fraction of sp³-hybridized carbons (Fsp3) is 0.235. The van der Waals surface area contributed by atoms with Gasteiger partial charge in [0.1, 0.15) is 6.04 Å². The van der Waals surface area contributed by atoms with E-state index in [0.29, 0.717) is 6.54 Å². The van der Waals surface area contributed by atoms with Crippen LogP contribution in [0.1, 0.15) is 22.7 Å². The van der Waals surface area contributed by atoms with Crippen molar-refractivity contribution in [3.63, 3.8) is 0 Å². The van der Waals surface area contributed by atoms with Crippen LogP contribution in [-0.2, 0) is 16.1 Å². The molecule has 0 aliphatic carbocycles. The molecule has 0 aliphatic rings. The molecule has 3 nitrogen and oxygen atoms in total. The van der Waals surface area contributed by atoms with Crippen LogP contribution in [0.3, 0.4) is 0 Å². The van der Waals surface area contributed by atoms with Crippen LogP contribution >= 0.6 is 15.9 Å². The van der Waals surface area contributed by atoms with Crippen molar-refractivity contribution in [1.82, 2.24) is 5.32 Å². The largest absolute Gasteiger partial charge is 0.468 e. The minimum atomic E-state index is -0.470. The van der Waals surface area contributed by atoms with Gasteiger partial charge in [-0.15, -0.1) is 0 Å². The predicted octanol–water partition coefficient (Wildman–Crippen LogP) is 3.76. The van der Waals surface area contributed by atoms with E-state index in [-0.39, 0.29) is 5.97 Å². The number of aryl methyl sites for hydroxylation is 1. The number of halogens is 1. The summed E-state index contributed by atoms with van der Waals surface area (Å²) in [6, 6.07) is 15.4. The van der Waals surface area contributed by atoms with Crippen LogP contribution in [0.4, 0.5) is 0 Å². The van der Waals surface area contributed by atoms with E-state index in [1.165, 1.54) is 7.11 Å². The first kappa shape index (κ1) is 15.7. The first-order valence-corrected chi connectivity index (χ1v) is 7.52. The Morgan fingerprint density at radius 1 is 1.24 bits per heavy atom. The maximum absolute atomic E-state index is 12.0. The molecule has 2 aromatic rings. The van der Waals surface area contributed by atoms with E-state index in [2.05, 4.69) is 21.2 Å². The molecule has 0 amide bonds. The van der Waals surface area contributed by atoms with Crippen molar-refractivity contribution in [2.75, 3.05) is 7.11 Å². The number of benzene rings is 2. The van der Waals surface area contributed by atoms with Crippen LogP contribution in [0.15, 0.2) is 53.0 Å². The summed E-state index contributed by atoms with van der Waals surface area (Å²) < 4.78 is 5.94. The Kier molecular flexibility index (Phi) is 5.53. The van der Waals surface area contributed by atoms with E-state index >= 15 is 0 Å². The quantitative estimate of drug-likeness (QED) is 0.836. The zero-order valence-electron chi connectivity index (χ0n) is 12.1. The third-order valence-electron chi connectivity index (χ3n) is 3.31. The molecule has 0 aromatic heterocycles. The molecule has 0 aliphatic heterocycles.